The Morgan fingerprint density at radius 2 is 0.739 bits per heavy atom. The summed E-state index contributed by atoms with van der Waals surface area (Å²) < 4.78 is 82.9. The van der Waals surface area contributed by atoms with Crippen LogP contribution in [0.25, 0.3) is 0 Å². The van der Waals surface area contributed by atoms with Crippen LogP contribution in [-0.2, 0) is 90.3 Å². The van der Waals surface area contributed by atoms with E-state index in [0.29, 0.717) is 12.8 Å². The molecular formula is C93H164N4O41. The Morgan fingerprint density at radius 1 is 0.384 bits per heavy atom. The zero-order valence-corrected chi connectivity index (χ0v) is 80.3. The number of unbranched alkanes of at least 4 members (excludes halogenated alkanes) is 28. The molecule has 0 saturated carbocycles. The molecule has 0 aromatic carbocycles. The third kappa shape index (κ3) is 36.2. The molecule has 14 unspecified atom stereocenters. The number of carboxylic acid groups (broad SMARTS) is 1. The lowest BCUT2D eigenvalue weighted by atomic mass is 9.88. The minimum Gasteiger partial charge on any atom is -0.477 e. The highest BCUT2D eigenvalue weighted by molar-refractivity contribution is 5.77. The third-order valence-corrected chi connectivity index (χ3v) is 26.4. The minimum absolute atomic E-state index is 0.150. The predicted octanol–water partition coefficient (Wildman–Crippen LogP) is -3.13. The van der Waals surface area contributed by atoms with E-state index in [2.05, 4.69) is 47.3 Å². The molecule has 7 rings (SSSR count). The summed E-state index contributed by atoms with van der Waals surface area (Å²) in [5.41, 5.74) is 0. The van der Waals surface area contributed by atoms with Crippen molar-refractivity contribution in [3.05, 3.63) is 24.3 Å². The van der Waals surface area contributed by atoms with Crippen LogP contribution in [0.15, 0.2) is 24.3 Å². The molecular weight excluding hydrogens is 1830 g/mol. The van der Waals surface area contributed by atoms with Gasteiger partial charge in [0.2, 0.25) is 23.6 Å². The van der Waals surface area contributed by atoms with Gasteiger partial charge in [-0.15, -0.1) is 0 Å². The van der Waals surface area contributed by atoms with E-state index < -0.39 is 315 Å². The molecule has 4 amide bonds. The molecule has 0 aliphatic carbocycles. The van der Waals surface area contributed by atoms with Gasteiger partial charge in [-0.1, -0.05) is 192 Å². The standard InChI is InChI=1S/C93H164N4O41/c1-6-8-10-12-14-16-18-20-21-22-23-24-25-26-27-29-31-33-35-37-39-41-64(110)97-54(55(107)40-38-36-34-32-30-28-19-17-15-13-11-9-7-2)49-125-88-77(120)75(118)82(62(48-103)131-88)135-91-79(122)85(71(114)59(45-100)128-91)137-87-67(96-53(5)106)73(116)81(61(47-102)130-87)134-90-78(121)84(70(113)58(44-99)127-90)136-86-66(95-52(4)105)72(115)80(60(46-101)129-86)133-89-76(119)74(117)69(112)63(132-89)50-126-93(92(123)124)42-56(108)65(94-51(3)104)83(138-93)68(111)57(109)43-98/h20-21,38,40,54-63,65-91,98-103,107-109,111-122H,6-19,22-37,39,41-50H2,1-5H3,(H,94,104)(H,95,105)(H,96,106)(H,97,110)(H,123,124)/b21-20-,40-38+/t54-,55+,56?,57+,58?,59?,60?,61?,62?,63?,65+,66?,67?,68+,69-,70-,71-,72+,73+,74-,75+,76?,77?,78?,79?,80+,81+,82+,83?,84-,85-,86-,87-,88+,89-,90-,91-,93+/m0/s1. The van der Waals surface area contributed by atoms with Gasteiger partial charge >= 0.3 is 5.97 Å². The summed E-state index contributed by atoms with van der Waals surface area (Å²) in [7, 11) is 0. The fourth-order valence-electron chi connectivity index (χ4n) is 18.3. The Balaban J connectivity index is 0.973. The first-order chi connectivity index (χ1) is 66.1. The Labute approximate surface area is 806 Å². The Bertz CT molecular complexity index is 3470. The van der Waals surface area contributed by atoms with Crippen molar-refractivity contribution in [3.63, 3.8) is 0 Å². The minimum atomic E-state index is -3.03. The number of amides is 4. The number of aliphatic hydroxyl groups is 21. The van der Waals surface area contributed by atoms with Gasteiger partial charge < -0.3 is 200 Å². The van der Waals surface area contributed by atoms with Crippen LogP contribution in [0.5, 0.6) is 0 Å². The highest BCUT2D eigenvalue weighted by Crippen LogP contribution is 2.40. The van der Waals surface area contributed by atoms with Gasteiger partial charge in [0.1, 0.15) is 165 Å². The maximum Gasteiger partial charge on any atom is 0.364 e. The Kier molecular flexibility index (Phi) is 55.0. The lowest BCUT2D eigenvalue weighted by Crippen LogP contribution is -2.71. The van der Waals surface area contributed by atoms with Gasteiger partial charge in [-0.05, 0) is 44.9 Å². The summed E-state index contributed by atoms with van der Waals surface area (Å²) in [6.45, 7) is -0.851. The number of ether oxygens (including phenoxy) is 14. The largest absolute Gasteiger partial charge is 0.477 e. The molecule has 0 aromatic heterocycles. The van der Waals surface area contributed by atoms with Crippen LogP contribution >= 0.6 is 0 Å². The summed E-state index contributed by atoms with van der Waals surface area (Å²) in [4.78, 5) is 64.8. The summed E-state index contributed by atoms with van der Waals surface area (Å²) in [6, 6.07) is -6.58. The van der Waals surface area contributed by atoms with E-state index in [1.807, 2.05) is 6.08 Å². The quantitative estimate of drug-likeness (QED) is 0.0211. The van der Waals surface area contributed by atoms with Crippen molar-refractivity contribution in [1.29, 1.82) is 0 Å². The predicted molar refractivity (Wildman–Crippen MR) is 483 cm³/mol. The number of nitrogens with one attached hydrogen (secondary N) is 4. The molecule has 0 radical (unpaired) electrons. The number of hydrogen-bond donors (Lipinski definition) is 26. The van der Waals surface area contributed by atoms with Crippen molar-refractivity contribution in [2.45, 2.75) is 479 Å². The van der Waals surface area contributed by atoms with E-state index in [1.54, 1.807) is 6.08 Å². The first-order valence-corrected chi connectivity index (χ1v) is 49.7. The SMILES string of the molecule is CCCCCCCC/C=C\CCCCCCCCCCCCCC(=O)N[C@@H](CO[C@@H]1OC(CO)[C@@H](O[C@@H]2OC(CO)[C@H](O)[C@H](O[C@@H]3OC(CO)[C@@H](O[C@@H]4OC(CO)[C@H](O)[C@H](O[C@@H]5OC(CO)[C@@H](O[C@@H]6OC(CO[C@]7(C(=O)O)CC(O)[C@@H](NC(C)=O)C([C@H](O)[C@H](O)CO)O7)[C@H](O)[C@H](O)C6O)[C@H](O)C5NC(C)=O)C4O)[C@H](O)C3NC(C)=O)C2O)[C@H](O)C1O)[C@H](O)/C=C/CCCCCCCCCCCCC. The number of carbonyl (C=O) groups is 5. The van der Waals surface area contributed by atoms with Crippen LogP contribution in [0.3, 0.4) is 0 Å². The van der Waals surface area contributed by atoms with Crippen LogP contribution in [0.2, 0.25) is 0 Å². The topological polar surface area (TPSA) is 708 Å². The first kappa shape index (κ1) is 120. The van der Waals surface area contributed by atoms with Gasteiger partial charge in [-0.3, -0.25) is 19.2 Å². The average Bonchev–Trinajstić information content (AvgIpc) is 0.766. The molecule has 45 nitrogen and oxygen atoms in total. The molecule has 7 heterocycles. The van der Waals surface area contributed by atoms with E-state index in [-0.39, 0.29) is 12.3 Å². The maximum absolute atomic E-state index is 13.6. The molecule has 7 saturated heterocycles. The molecule has 26 N–H and O–H groups in total. The van der Waals surface area contributed by atoms with Crippen LogP contribution in [0.1, 0.15) is 247 Å². The van der Waals surface area contributed by atoms with Crippen LogP contribution in [0.4, 0.5) is 0 Å². The molecule has 45 heteroatoms. The lowest BCUT2D eigenvalue weighted by molar-refractivity contribution is -0.387. The van der Waals surface area contributed by atoms with Crippen molar-refractivity contribution in [3.8, 4) is 0 Å². The van der Waals surface area contributed by atoms with Gasteiger partial charge in [0, 0.05) is 33.6 Å². The van der Waals surface area contributed by atoms with Crippen molar-refractivity contribution < 1.29 is 203 Å². The molecule has 7 aliphatic heterocycles. The number of aliphatic carboxylic acids is 1. The molecule has 0 aromatic rings. The van der Waals surface area contributed by atoms with Gasteiger partial charge in [0.15, 0.2) is 37.7 Å². The zero-order chi connectivity index (χ0) is 101. The van der Waals surface area contributed by atoms with Crippen molar-refractivity contribution in [2.24, 2.45) is 0 Å². The fraction of sp³-hybridized carbons (Fsp3) is 0.903. The second-order valence-electron chi connectivity index (χ2n) is 37.4. The van der Waals surface area contributed by atoms with Crippen molar-refractivity contribution in [2.75, 3.05) is 52.9 Å². The van der Waals surface area contributed by atoms with E-state index in [4.69, 9.17) is 66.3 Å². The second-order valence-corrected chi connectivity index (χ2v) is 37.4. The number of carboxylic acids is 1. The molecule has 0 spiro atoms. The van der Waals surface area contributed by atoms with Gasteiger partial charge in [-0.25, -0.2) is 4.79 Å². The number of carbonyl (C=O) groups excluding carboxylic acids is 4. The van der Waals surface area contributed by atoms with E-state index in [0.717, 1.165) is 85.0 Å². The number of allylic oxidation sites excluding steroid dienone is 3. The van der Waals surface area contributed by atoms with E-state index in [9.17, 15) is 136 Å². The number of aliphatic hydroxyl groups excluding tert-OH is 21. The van der Waals surface area contributed by atoms with E-state index in [1.165, 1.54) is 122 Å². The molecule has 138 heavy (non-hydrogen) atoms. The smallest absolute Gasteiger partial charge is 0.364 e. The average molecular weight is 1990 g/mol. The number of rotatable bonds is 64. The zero-order valence-electron chi connectivity index (χ0n) is 80.3. The summed E-state index contributed by atoms with van der Waals surface area (Å²) >= 11 is 0. The summed E-state index contributed by atoms with van der Waals surface area (Å²) in [5.74, 6) is -8.06. The van der Waals surface area contributed by atoms with Gasteiger partial charge in [0.25, 0.3) is 5.79 Å². The second kappa shape index (κ2) is 63.1. The summed E-state index contributed by atoms with van der Waals surface area (Å²) in [6.07, 6.45) is -24.8. The molecule has 7 aliphatic rings. The van der Waals surface area contributed by atoms with Crippen LogP contribution < -0.4 is 21.3 Å². The van der Waals surface area contributed by atoms with Gasteiger partial charge in [-0.2, -0.15) is 0 Å². The number of hydrogen-bond acceptors (Lipinski definition) is 40. The van der Waals surface area contributed by atoms with Crippen molar-refractivity contribution >= 4 is 29.6 Å². The maximum atomic E-state index is 13.6. The molecule has 0 bridgehead atoms. The molecule has 802 valence electrons. The fourth-order valence-corrected chi connectivity index (χ4v) is 18.3. The third-order valence-electron chi connectivity index (χ3n) is 26.4. The normalized spacial score (nSPS) is 36.3. The molecule has 7 fully saturated rings. The highest BCUT2D eigenvalue weighted by atomic mass is 16.8. The first-order valence-electron chi connectivity index (χ1n) is 49.7. The van der Waals surface area contributed by atoms with Crippen LogP contribution in [-0.4, -0.2) is 427 Å². The van der Waals surface area contributed by atoms with E-state index >= 15 is 0 Å². The highest BCUT2D eigenvalue weighted by Gasteiger charge is 2.61. The Hall–Kier alpha value is -4.57. The monoisotopic (exact) mass is 1990 g/mol. The lowest BCUT2D eigenvalue weighted by Gasteiger charge is -2.51. The summed E-state index contributed by atoms with van der Waals surface area (Å²) in [5, 5.41) is 257. The Morgan fingerprint density at radius 3 is 1.14 bits per heavy atom. The van der Waals surface area contributed by atoms with Crippen molar-refractivity contribution in [1.82, 2.24) is 21.3 Å². The molecule has 38 atom stereocenters. The van der Waals surface area contributed by atoms with Crippen LogP contribution in [0, 0.1) is 0 Å². The van der Waals surface area contributed by atoms with Gasteiger partial charge in [0.05, 0.1) is 77.1 Å².